The molecule has 2 aromatic rings. The van der Waals surface area contributed by atoms with E-state index in [2.05, 4.69) is 34.6 Å². The summed E-state index contributed by atoms with van der Waals surface area (Å²) in [7, 11) is -3.96. The van der Waals surface area contributed by atoms with E-state index >= 15 is 0 Å². The van der Waals surface area contributed by atoms with Crippen molar-refractivity contribution in [1.29, 1.82) is 0 Å². The quantitative estimate of drug-likeness (QED) is 0.234. The van der Waals surface area contributed by atoms with Gasteiger partial charge in [0.2, 0.25) is 0 Å². The van der Waals surface area contributed by atoms with Crippen molar-refractivity contribution in [2.24, 2.45) is 52.3 Å². The molecule has 5 heteroatoms. The number of benzene rings is 2. The Hall–Kier alpha value is -1.77. The highest BCUT2D eigenvalue weighted by Gasteiger charge is 2.63. The van der Waals surface area contributed by atoms with Gasteiger partial charge in [-0.15, -0.1) is 0 Å². The van der Waals surface area contributed by atoms with Gasteiger partial charge in [0.05, 0.1) is 6.10 Å². The van der Waals surface area contributed by atoms with Crippen LogP contribution in [0.4, 0.5) is 0 Å². The van der Waals surface area contributed by atoms with Crippen molar-refractivity contribution in [2.75, 3.05) is 0 Å². The van der Waals surface area contributed by atoms with Crippen LogP contribution in [0.25, 0.3) is 0 Å². The average molecular weight is 621 g/mol. The summed E-state index contributed by atoms with van der Waals surface area (Å²) in [5, 5.41) is 0. The molecule has 0 radical (unpaired) electrons. The Morgan fingerprint density at radius 1 is 0.773 bits per heavy atom. The number of hydrogen-bond donors (Lipinski definition) is 0. The van der Waals surface area contributed by atoms with E-state index in [9.17, 15) is 4.57 Å². The number of hydrogen-bond acceptors (Lipinski definition) is 4. The molecule has 0 aliphatic heterocycles. The molecule has 2 unspecified atom stereocenters. The zero-order valence-electron chi connectivity index (χ0n) is 28.0. The van der Waals surface area contributed by atoms with E-state index < -0.39 is 7.82 Å². The highest BCUT2D eigenvalue weighted by molar-refractivity contribution is 7.49. The van der Waals surface area contributed by atoms with E-state index in [4.69, 9.17) is 13.6 Å². The van der Waals surface area contributed by atoms with Crippen LogP contribution in [0.2, 0.25) is 0 Å². The normalized spacial score (nSPS) is 35.8. The van der Waals surface area contributed by atoms with Crippen LogP contribution in [0.15, 0.2) is 60.7 Å². The Morgan fingerprint density at radius 3 is 2.07 bits per heavy atom. The van der Waals surface area contributed by atoms with E-state index in [1.54, 1.807) is 0 Å². The van der Waals surface area contributed by atoms with Crippen LogP contribution in [0.1, 0.15) is 112 Å². The molecule has 0 heterocycles. The van der Waals surface area contributed by atoms with Crippen molar-refractivity contribution in [3.63, 3.8) is 0 Å². The minimum Gasteiger partial charge on any atom is -0.395 e. The Labute approximate surface area is 267 Å². The maximum Gasteiger partial charge on any atom is 0.587 e. The number of phosphoric acid groups is 1. The van der Waals surface area contributed by atoms with Gasteiger partial charge in [-0.2, -0.15) is 0 Å². The average Bonchev–Trinajstić information content (AvgIpc) is 3.35. The summed E-state index contributed by atoms with van der Waals surface area (Å²) in [6.07, 6.45) is 15.2. The molecule has 0 bridgehead atoms. The lowest BCUT2D eigenvalue weighted by molar-refractivity contribution is -0.160. The minimum absolute atomic E-state index is 0.0286. The molecular weight excluding hydrogens is 563 g/mol. The molecule has 0 spiro atoms. The third-order valence-electron chi connectivity index (χ3n) is 13.1. The van der Waals surface area contributed by atoms with Gasteiger partial charge in [0.15, 0.2) is 0 Å². The number of fused-ring (bicyclic) bond motifs is 5. The summed E-state index contributed by atoms with van der Waals surface area (Å²) in [5.41, 5.74) is 0.425. The van der Waals surface area contributed by atoms with Crippen molar-refractivity contribution in [3.8, 4) is 11.5 Å². The Morgan fingerprint density at radius 2 is 1.43 bits per heavy atom. The van der Waals surface area contributed by atoms with Gasteiger partial charge in [0, 0.05) is 5.41 Å². The molecule has 4 nitrogen and oxygen atoms in total. The minimum atomic E-state index is -3.96. The molecule has 0 saturated heterocycles. The van der Waals surface area contributed by atoms with Gasteiger partial charge in [-0.1, -0.05) is 96.7 Å². The van der Waals surface area contributed by atoms with E-state index in [-0.39, 0.29) is 11.5 Å². The number of rotatable bonds is 11. The Kier molecular flexibility index (Phi) is 9.62. The molecule has 4 aliphatic rings. The van der Waals surface area contributed by atoms with Crippen molar-refractivity contribution in [1.82, 2.24) is 0 Å². The topological polar surface area (TPSA) is 44.8 Å². The fraction of sp³-hybridized carbons (Fsp3) is 0.692. The first-order valence-corrected chi connectivity index (χ1v) is 19.4. The number of phosphoric ester groups is 1. The molecule has 0 N–H and O–H groups in total. The molecule has 0 aromatic heterocycles. The van der Waals surface area contributed by atoms with Crippen molar-refractivity contribution in [3.05, 3.63) is 60.7 Å². The summed E-state index contributed by atoms with van der Waals surface area (Å²) in [4.78, 5) is 0. The van der Waals surface area contributed by atoms with Crippen LogP contribution in [0.3, 0.4) is 0 Å². The van der Waals surface area contributed by atoms with Gasteiger partial charge >= 0.3 is 7.82 Å². The highest BCUT2D eigenvalue weighted by atomic mass is 31.2. The van der Waals surface area contributed by atoms with Gasteiger partial charge in [-0.05, 0) is 122 Å². The molecule has 4 aliphatic carbocycles. The lowest BCUT2D eigenvalue weighted by Crippen LogP contribution is -2.58. The maximum absolute atomic E-state index is 14.6. The molecule has 0 amide bonds. The van der Waals surface area contributed by atoms with Crippen molar-refractivity contribution in [2.45, 2.75) is 118 Å². The molecule has 242 valence electrons. The molecule has 2 aromatic carbocycles. The second-order valence-electron chi connectivity index (χ2n) is 15.8. The van der Waals surface area contributed by atoms with Crippen LogP contribution >= 0.6 is 7.82 Å². The zero-order valence-corrected chi connectivity index (χ0v) is 28.9. The third kappa shape index (κ3) is 6.29. The molecule has 4 saturated carbocycles. The fourth-order valence-electron chi connectivity index (χ4n) is 10.9. The monoisotopic (exact) mass is 620 g/mol. The first kappa shape index (κ1) is 32.2. The van der Waals surface area contributed by atoms with Crippen LogP contribution in [-0.2, 0) is 9.09 Å². The highest BCUT2D eigenvalue weighted by Crippen LogP contribution is 2.70. The van der Waals surface area contributed by atoms with Crippen LogP contribution < -0.4 is 9.05 Å². The molecule has 6 rings (SSSR count). The van der Waals surface area contributed by atoms with E-state index in [1.165, 1.54) is 64.2 Å². The van der Waals surface area contributed by atoms with Gasteiger partial charge in [0.1, 0.15) is 11.5 Å². The van der Waals surface area contributed by atoms with Crippen LogP contribution in [0, 0.1) is 52.3 Å². The smallest absolute Gasteiger partial charge is 0.395 e. The Balaban J connectivity index is 1.24. The summed E-state index contributed by atoms with van der Waals surface area (Å²) in [5.74, 6) is 6.22. The molecule has 9 atom stereocenters. The summed E-state index contributed by atoms with van der Waals surface area (Å²) in [6, 6.07) is 18.8. The predicted octanol–water partition coefficient (Wildman–Crippen LogP) is 11.8. The first-order valence-electron chi connectivity index (χ1n) is 17.9. The number of para-hydroxylation sites is 2. The molecule has 4 fully saturated rings. The molecule has 44 heavy (non-hydrogen) atoms. The van der Waals surface area contributed by atoms with Gasteiger partial charge in [-0.3, -0.25) is 4.52 Å². The predicted molar refractivity (Wildman–Crippen MR) is 180 cm³/mol. The third-order valence-corrected chi connectivity index (χ3v) is 14.4. The second kappa shape index (κ2) is 13.2. The van der Waals surface area contributed by atoms with Gasteiger partial charge in [-0.25, -0.2) is 4.57 Å². The summed E-state index contributed by atoms with van der Waals surface area (Å²) in [6.45, 7) is 12.4. The van der Waals surface area contributed by atoms with E-state index in [1.807, 2.05) is 60.7 Å². The van der Waals surface area contributed by atoms with Crippen molar-refractivity contribution >= 4 is 7.82 Å². The zero-order chi connectivity index (χ0) is 31.0. The summed E-state index contributed by atoms with van der Waals surface area (Å²) >= 11 is 0. The van der Waals surface area contributed by atoms with Gasteiger partial charge < -0.3 is 9.05 Å². The van der Waals surface area contributed by atoms with E-state index in [0.717, 1.165) is 42.4 Å². The SMILES string of the molecule is CC(C)CCC[C@@H](C)[C@H]1CC[C@H]2[C@@H]3CCC4CCCC(OP(=O)(Oc5ccccc5)Oc5ccccc5)[C@]4(C)[C@H]3CC[C@]12C. The Bertz CT molecular complexity index is 1220. The maximum atomic E-state index is 14.6. The van der Waals surface area contributed by atoms with Gasteiger partial charge in [0.25, 0.3) is 0 Å². The van der Waals surface area contributed by atoms with Crippen LogP contribution in [0.5, 0.6) is 11.5 Å². The standard InChI is InChI=1S/C39H57O4P/c1-28(2)14-12-15-29(3)34-24-25-35-33-23-22-30-16-13-21-37(39(30,5)36(33)26-27-38(34,35)4)43-44(40,41-31-17-8-6-9-18-31)42-32-19-10-7-11-20-32/h6-11,17-20,28-30,33-37H,12-16,21-27H2,1-5H3/t29-,30?,33+,34-,35+,36+,37?,38-,39+/m1/s1. The fourth-order valence-corrected chi connectivity index (χ4v) is 12.4. The lowest BCUT2D eigenvalue weighted by Gasteiger charge is -2.62. The van der Waals surface area contributed by atoms with E-state index in [0.29, 0.717) is 28.7 Å². The van der Waals surface area contributed by atoms with Crippen molar-refractivity contribution < 1.29 is 18.1 Å². The molecular formula is C39H57O4P. The first-order chi connectivity index (χ1) is 21.1. The largest absolute Gasteiger partial charge is 0.587 e. The van der Waals surface area contributed by atoms with Crippen LogP contribution in [-0.4, -0.2) is 6.10 Å². The second-order valence-corrected chi connectivity index (χ2v) is 17.3. The lowest BCUT2D eigenvalue weighted by atomic mass is 9.44. The summed E-state index contributed by atoms with van der Waals surface area (Å²) < 4.78 is 33.7.